The Hall–Kier alpha value is -1.79. The molecular formula is C22H31Cl2N3O2. The van der Waals surface area contributed by atoms with Crippen molar-refractivity contribution in [3.05, 3.63) is 65.7 Å². The highest BCUT2D eigenvalue weighted by Crippen LogP contribution is 2.33. The fraction of sp³-hybridized carbons (Fsp3) is 0.409. The van der Waals surface area contributed by atoms with Crippen molar-refractivity contribution in [3.8, 4) is 5.75 Å². The molecule has 3 rings (SSSR count). The maximum atomic E-state index is 13.2. The van der Waals surface area contributed by atoms with E-state index in [1.54, 1.807) is 0 Å². The number of hydrogen-bond donors (Lipinski definition) is 1. The van der Waals surface area contributed by atoms with Gasteiger partial charge in [0.05, 0.1) is 5.56 Å². The van der Waals surface area contributed by atoms with Crippen LogP contribution in [0.5, 0.6) is 5.75 Å². The standard InChI is InChI=1S/C22H29N3O2.2ClH/c1-24(2)12-13-27-21-11-7-6-10-19(21)22(26)25-15-18(14-23)20(16-25)17-8-4-3-5-9-17;;/h3-11,18,20H,12-16,23H2,1-2H3;2*1H/t18-,20+;;/m1../s1. The van der Waals surface area contributed by atoms with E-state index in [1.165, 1.54) is 5.56 Å². The second kappa shape index (κ2) is 12.0. The van der Waals surface area contributed by atoms with Gasteiger partial charge in [-0.15, -0.1) is 24.8 Å². The third kappa shape index (κ3) is 6.34. The van der Waals surface area contributed by atoms with Crippen molar-refractivity contribution in [2.45, 2.75) is 5.92 Å². The van der Waals surface area contributed by atoms with E-state index >= 15 is 0 Å². The van der Waals surface area contributed by atoms with Crippen LogP contribution in [0.1, 0.15) is 21.8 Å². The maximum Gasteiger partial charge on any atom is 0.257 e. The molecule has 2 atom stereocenters. The minimum absolute atomic E-state index is 0. The van der Waals surface area contributed by atoms with Crippen LogP contribution in [-0.2, 0) is 0 Å². The van der Waals surface area contributed by atoms with Gasteiger partial charge in [0, 0.05) is 25.6 Å². The number of nitrogens with two attached hydrogens (primary N) is 1. The summed E-state index contributed by atoms with van der Waals surface area (Å²) < 4.78 is 5.88. The van der Waals surface area contributed by atoms with E-state index in [-0.39, 0.29) is 42.6 Å². The summed E-state index contributed by atoms with van der Waals surface area (Å²) in [6, 6.07) is 17.9. The van der Waals surface area contributed by atoms with Gasteiger partial charge < -0.3 is 20.3 Å². The molecule has 2 N–H and O–H groups in total. The molecule has 0 bridgehead atoms. The molecule has 29 heavy (non-hydrogen) atoms. The number of rotatable bonds is 7. The monoisotopic (exact) mass is 439 g/mol. The molecule has 1 fully saturated rings. The lowest BCUT2D eigenvalue weighted by Crippen LogP contribution is -2.30. The molecule has 0 saturated carbocycles. The molecule has 0 aliphatic carbocycles. The molecule has 0 spiro atoms. The van der Waals surface area contributed by atoms with E-state index in [9.17, 15) is 4.79 Å². The summed E-state index contributed by atoms with van der Waals surface area (Å²) in [5, 5.41) is 0. The van der Waals surface area contributed by atoms with Crippen molar-refractivity contribution in [2.24, 2.45) is 11.7 Å². The molecular weight excluding hydrogens is 409 g/mol. The van der Waals surface area contributed by atoms with E-state index in [0.29, 0.717) is 37.6 Å². The quantitative estimate of drug-likeness (QED) is 0.718. The average molecular weight is 440 g/mol. The number of hydrogen-bond acceptors (Lipinski definition) is 4. The van der Waals surface area contributed by atoms with Crippen molar-refractivity contribution < 1.29 is 9.53 Å². The van der Waals surface area contributed by atoms with Gasteiger partial charge in [0.1, 0.15) is 12.4 Å². The zero-order valence-corrected chi connectivity index (χ0v) is 18.6. The largest absolute Gasteiger partial charge is 0.491 e. The molecule has 0 aromatic heterocycles. The number of nitrogens with zero attached hydrogens (tertiary/aromatic N) is 2. The molecule has 160 valence electrons. The molecule has 5 nitrogen and oxygen atoms in total. The number of amides is 1. The number of carbonyl (C=O) groups is 1. The van der Waals surface area contributed by atoms with E-state index in [0.717, 1.165) is 6.54 Å². The lowest BCUT2D eigenvalue weighted by molar-refractivity contribution is 0.0781. The fourth-order valence-electron chi connectivity index (χ4n) is 3.63. The smallest absolute Gasteiger partial charge is 0.257 e. The summed E-state index contributed by atoms with van der Waals surface area (Å²) in [6.07, 6.45) is 0. The molecule has 7 heteroatoms. The van der Waals surface area contributed by atoms with Crippen molar-refractivity contribution in [3.63, 3.8) is 0 Å². The normalized spacial score (nSPS) is 18.1. The Labute approximate surface area is 186 Å². The number of carbonyl (C=O) groups excluding carboxylic acids is 1. The van der Waals surface area contributed by atoms with E-state index in [1.807, 2.05) is 61.5 Å². The third-order valence-electron chi connectivity index (χ3n) is 5.17. The molecule has 1 amide bonds. The molecule has 1 heterocycles. The first-order valence-corrected chi connectivity index (χ1v) is 9.51. The van der Waals surface area contributed by atoms with Crippen molar-refractivity contribution in [1.29, 1.82) is 0 Å². The molecule has 1 aliphatic heterocycles. The van der Waals surface area contributed by atoms with Gasteiger partial charge in [0.2, 0.25) is 0 Å². The topological polar surface area (TPSA) is 58.8 Å². The van der Waals surface area contributed by atoms with Crippen LogP contribution in [0.15, 0.2) is 54.6 Å². The lowest BCUT2D eigenvalue weighted by Gasteiger charge is -2.19. The number of halogens is 2. The van der Waals surface area contributed by atoms with Gasteiger partial charge in [0.25, 0.3) is 5.91 Å². The van der Waals surface area contributed by atoms with Crippen molar-refractivity contribution >= 4 is 30.7 Å². The van der Waals surface area contributed by atoms with Gasteiger partial charge in [-0.3, -0.25) is 4.79 Å². The zero-order chi connectivity index (χ0) is 19.2. The molecule has 1 saturated heterocycles. The Kier molecular flexibility index (Phi) is 10.5. The Balaban J connectivity index is 0.00000210. The van der Waals surface area contributed by atoms with E-state index in [2.05, 4.69) is 17.0 Å². The number of likely N-dealkylation sites (tertiary alicyclic amines) is 1. The van der Waals surface area contributed by atoms with Crippen LogP contribution in [-0.4, -0.2) is 62.6 Å². The summed E-state index contributed by atoms with van der Waals surface area (Å²) in [5.74, 6) is 1.23. The van der Waals surface area contributed by atoms with Crippen LogP contribution in [0, 0.1) is 5.92 Å². The first-order valence-electron chi connectivity index (χ1n) is 9.51. The second-order valence-corrected chi connectivity index (χ2v) is 7.37. The number of para-hydroxylation sites is 1. The highest BCUT2D eigenvalue weighted by atomic mass is 35.5. The summed E-state index contributed by atoms with van der Waals surface area (Å²) in [5.41, 5.74) is 7.89. The minimum atomic E-state index is 0. The number of likely N-dealkylation sites (N-methyl/N-ethyl adjacent to an activating group) is 1. The Morgan fingerprint density at radius 2 is 1.72 bits per heavy atom. The van der Waals surface area contributed by atoms with Gasteiger partial charge >= 0.3 is 0 Å². The van der Waals surface area contributed by atoms with Crippen LogP contribution in [0.2, 0.25) is 0 Å². The highest BCUT2D eigenvalue weighted by molar-refractivity contribution is 5.97. The molecule has 0 unspecified atom stereocenters. The summed E-state index contributed by atoms with van der Waals surface area (Å²) in [6.45, 7) is 3.30. The fourth-order valence-corrected chi connectivity index (χ4v) is 3.63. The highest BCUT2D eigenvalue weighted by Gasteiger charge is 2.36. The van der Waals surface area contributed by atoms with Gasteiger partial charge in [-0.05, 0) is 44.3 Å². The maximum absolute atomic E-state index is 13.2. The van der Waals surface area contributed by atoms with Crippen LogP contribution in [0.4, 0.5) is 0 Å². The Bertz CT molecular complexity index is 759. The van der Waals surface area contributed by atoms with Gasteiger partial charge in [-0.25, -0.2) is 0 Å². The SMILES string of the molecule is CN(C)CCOc1ccccc1C(=O)N1C[C@@H](CN)[C@H](c2ccccc2)C1.Cl.Cl. The van der Waals surface area contributed by atoms with Gasteiger partial charge in [0.15, 0.2) is 0 Å². The Morgan fingerprint density at radius 1 is 1.07 bits per heavy atom. The van der Waals surface area contributed by atoms with Crippen molar-refractivity contribution in [2.75, 3.05) is 46.9 Å². The predicted octanol–water partition coefficient (Wildman–Crippen LogP) is 3.29. The molecule has 2 aromatic rings. The molecule has 0 radical (unpaired) electrons. The van der Waals surface area contributed by atoms with E-state index in [4.69, 9.17) is 10.5 Å². The zero-order valence-electron chi connectivity index (χ0n) is 17.0. The van der Waals surface area contributed by atoms with Gasteiger partial charge in [-0.1, -0.05) is 42.5 Å². The summed E-state index contributed by atoms with van der Waals surface area (Å²) in [7, 11) is 4.00. The predicted molar refractivity (Wildman–Crippen MR) is 123 cm³/mol. The van der Waals surface area contributed by atoms with Crippen LogP contribution < -0.4 is 10.5 Å². The third-order valence-corrected chi connectivity index (χ3v) is 5.17. The number of ether oxygens (including phenoxy) is 1. The molecule has 1 aliphatic rings. The molecule has 2 aromatic carbocycles. The van der Waals surface area contributed by atoms with Crippen LogP contribution in [0.25, 0.3) is 0 Å². The number of benzene rings is 2. The first-order chi connectivity index (χ1) is 13.1. The average Bonchev–Trinajstić information content (AvgIpc) is 3.13. The van der Waals surface area contributed by atoms with E-state index < -0.39 is 0 Å². The van der Waals surface area contributed by atoms with Crippen molar-refractivity contribution in [1.82, 2.24) is 9.80 Å². The lowest BCUT2D eigenvalue weighted by atomic mass is 9.89. The minimum Gasteiger partial charge on any atom is -0.491 e. The Morgan fingerprint density at radius 3 is 2.38 bits per heavy atom. The summed E-state index contributed by atoms with van der Waals surface area (Å²) >= 11 is 0. The van der Waals surface area contributed by atoms with Crippen LogP contribution in [0.3, 0.4) is 0 Å². The summed E-state index contributed by atoms with van der Waals surface area (Å²) in [4.78, 5) is 17.2. The second-order valence-electron chi connectivity index (χ2n) is 7.37. The van der Waals surface area contributed by atoms with Gasteiger partial charge in [-0.2, -0.15) is 0 Å². The first kappa shape index (κ1) is 25.2. The van der Waals surface area contributed by atoms with Crippen LogP contribution >= 0.6 is 24.8 Å².